The van der Waals surface area contributed by atoms with Crippen LogP contribution in [0.25, 0.3) is 0 Å². The van der Waals surface area contributed by atoms with Crippen molar-refractivity contribution >= 4 is 0 Å². The van der Waals surface area contributed by atoms with Gasteiger partial charge in [0.15, 0.2) is 12.1 Å². The molecule has 2 aliphatic heterocycles. The third-order valence-electron chi connectivity index (χ3n) is 5.25. The summed E-state index contributed by atoms with van der Waals surface area (Å²) in [7, 11) is 0. The summed E-state index contributed by atoms with van der Waals surface area (Å²) in [5.74, 6) is 0.949. The SMILES string of the molecule is CC1(C)C[C@@H]2[C@H]3C[C@H]4O[C@@H]([C@@H]2C1)[C@@](O)(C3)O4. The summed E-state index contributed by atoms with van der Waals surface area (Å²) in [6.45, 7) is 4.69. The molecule has 4 aliphatic rings. The molecule has 2 saturated heterocycles. The number of fused-ring (bicyclic) bond motifs is 5. The average Bonchev–Trinajstić information content (AvgIpc) is 2.56. The van der Waals surface area contributed by atoms with Crippen LogP contribution < -0.4 is 0 Å². The van der Waals surface area contributed by atoms with Gasteiger partial charge in [0.1, 0.15) is 6.10 Å². The molecule has 90 valence electrons. The van der Waals surface area contributed by atoms with Crippen molar-refractivity contribution in [1.29, 1.82) is 0 Å². The van der Waals surface area contributed by atoms with Crippen LogP contribution in [-0.2, 0) is 9.47 Å². The largest absolute Gasteiger partial charge is 0.363 e. The fourth-order valence-corrected chi connectivity index (χ4v) is 4.84. The molecule has 2 aliphatic carbocycles. The molecular weight excluding hydrogens is 204 g/mol. The van der Waals surface area contributed by atoms with Crippen molar-refractivity contribution in [3.63, 3.8) is 0 Å². The van der Waals surface area contributed by atoms with Crippen LogP contribution in [-0.4, -0.2) is 23.3 Å². The summed E-state index contributed by atoms with van der Waals surface area (Å²) in [4.78, 5) is 0. The van der Waals surface area contributed by atoms with Crippen LogP contribution in [0.5, 0.6) is 0 Å². The summed E-state index contributed by atoms with van der Waals surface area (Å²) >= 11 is 0. The highest BCUT2D eigenvalue weighted by Crippen LogP contribution is 2.62. The molecule has 4 rings (SSSR count). The summed E-state index contributed by atoms with van der Waals surface area (Å²) in [6, 6.07) is 0. The van der Waals surface area contributed by atoms with Crippen LogP contribution in [0.2, 0.25) is 0 Å². The van der Waals surface area contributed by atoms with E-state index in [2.05, 4.69) is 13.8 Å². The van der Waals surface area contributed by atoms with E-state index in [4.69, 9.17) is 9.47 Å². The lowest BCUT2D eigenvalue weighted by atomic mass is 9.68. The minimum absolute atomic E-state index is 0.0528. The molecule has 0 radical (unpaired) electrons. The standard InChI is InChI=1S/C13H20O3/c1-12(2)5-8-7-3-10-15-11(9(8)6-12)13(14,4-7)16-10/h7-11,14H,3-6H2,1-2H3/t7-,8+,9+,10-,11-,13+/m0/s1. The summed E-state index contributed by atoms with van der Waals surface area (Å²) < 4.78 is 11.5. The van der Waals surface area contributed by atoms with Crippen LogP contribution in [0.4, 0.5) is 0 Å². The maximum Gasteiger partial charge on any atom is 0.195 e. The molecule has 0 unspecified atom stereocenters. The van der Waals surface area contributed by atoms with E-state index >= 15 is 0 Å². The molecule has 3 heteroatoms. The number of hydrogen-bond donors (Lipinski definition) is 1. The fourth-order valence-electron chi connectivity index (χ4n) is 4.84. The highest BCUT2D eigenvalue weighted by atomic mass is 16.8. The van der Waals surface area contributed by atoms with Gasteiger partial charge in [-0.3, -0.25) is 0 Å². The van der Waals surface area contributed by atoms with E-state index in [-0.39, 0.29) is 12.4 Å². The van der Waals surface area contributed by atoms with Crippen molar-refractivity contribution in [2.45, 2.75) is 57.7 Å². The zero-order valence-corrected chi connectivity index (χ0v) is 9.98. The van der Waals surface area contributed by atoms with E-state index in [1.807, 2.05) is 0 Å². The van der Waals surface area contributed by atoms with Crippen molar-refractivity contribution < 1.29 is 14.6 Å². The van der Waals surface area contributed by atoms with Crippen molar-refractivity contribution in [2.75, 3.05) is 0 Å². The third kappa shape index (κ3) is 1.09. The second kappa shape index (κ2) is 2.65. The lowest BCUT2D eigenvalue weighted by Crippen LogP contribution is -2.53. The molecular formula is C13H20O3. The van der Waals surface area contributed by atoms with E-state index < -0.39 is 5.79 Å². The van der Waals surface area contributed by atoms with Crippen LogP contribution in [0, 0.1) is 23.2 Å². The molecule has 3 bridgehead atoms. The first-order valence-corrected chi connectivity index (χ1v) is 6.53. The maximum atomic E-state index is 10.5. The zero-order chi connectivity index (χ0) is 11.1. The Hall–Kier alpha value is -0.120. The maximum absolute atomic E-state index is 10.5. The van der Waals surface area contributed by atoms with Crippen molar-refractivity contribution in [1.82, 2.24) is 0 Å². The van der Waals surface area contributed by atoms with Gasteiger partial charge in [0.25, 0.3) is 0 Å². The van der Waals surface area contributed by atoms with Gasteiger partial charge in [0.05, 0.1) is 0 Å². The summed E-state index contributed by atoms with van der Waals surface area (Å²) in [6.07, 6.45) is 4.09. The molecule has 0 aromatic heterocycles. The average molecular weight is 224 g/mol. The molecule has 0 aromatic rings. The second-order valence-electron chi connectivity index (χ2n) is 7.05. The van der Waals surface area contributed by atoms with Gasteiger partial charge < -0.3 is 14.6 Å². The Bertz CT molecular complexity index is 340. The number of ether oxygens (including phenoxy) is 2. The summed E-state index contributed by atoms with van der Waals surface area (Å²) in [5.41, 5.74) is 0.414. The minimum Gasteiger partial charge on any atom is -0.363 e. The Morgan fingerprint density at radius 1 is 1.12 bits per heavy atom. The fraction of sp³-hybridized carbons (Fsp3) is 1.00. The van der Waals surface area contributed by atoms with Crippen LogP contribution in [0.15, 0.2) is 0 Å². The number of rotatable bonds is 0. The molecule has 3 nitrogen and oxygen atoms in total. The Labute approximate surface area is 96.1 Å². The predicted octanol–water partition coefficient (Wildman–Crippen LogP) is 1.89. The molecule has 1 N–H and O–H groups in total. The zero-order valence-electron chi connectivity index (χ0n) is 9.98. The highest BCUT2D eigenvalue weighted by Gasteiger charge is 2.66. The van der Waals surface area contributed by atoms with Crippen LogP contribution in [0.1, 0.15) is 39.5 Å². The predicted molar refractivity (Wildman–Crippen MR) is 57.4 cm³/mol. The van der Waals surface area contributed by atoms with Crippen molar-refractivity contribution in [3.8, 4) is 0 Å². The van der Waals surface area contributed by atoms with Gasteiger partial charge in [0.2, 0.25) is 0 Å². The van der Waals surface area contributed by atoms with Gasteiger partial charge in [-0.1, -0.05) is 13.8 Å². The molecule has 16 heavy (non-hydrogen) atoms. The summed E-state index contributed by atoms with van der Waals surface area (Å²) in [5, 5.41) is 10.5. The Morgan fingerprint density at radius 2 is 1.88 bits per heavy atom. The van der Waals surface area contributed by atoms with E-state index in [0.717, 1.165) is 18.8 Å². The highest BCUT2D eigenvalue weighted by molar-refractivity contribution is 5.08. The first kappa shape index (κ1) is 9.86. The quantitative estimate of drug-likeness (QED) is 0.683. The van der Waals surface area contributed by atoms with Gasteiger partial charge in [-0.05, 0) is 36.0 Å². The van der Waals surface area contributed by atoms with E-state index in [1.165, 1.54) is 12.8 Å². The molecule has 0 spiro atoms. The molecule has 6 atom stereocenters. The van der Waals surface area contributed by atoms with Gasteiger partial charge in [0, 0.05) is 12.8 Å². The van der Waals surface area contributed by atoms with Crippen LogP contribution in [0.3, 0.4) is 0 Å². The smallest absolute Gasteiger partial charge is 0.195 e. The lowest BCUT2D eigenvalue weighted by Gasteiger charge is -2.45. The first-order chi connectivity index (χ1) is 7.47. The Morgan fingerprint density at radius 3 is 2.69 bits per heavy atom. The van der Waals surface area contributed by atoms with Gasteiger partial charge in [-0.2, -0.15) is 0 Å². The second-order valence-corrected chi connectivity index (χ2v) is 7.05. The van der Waals surface area contributed by atoms with Crippen LogP contribution >= 0.6 is 0 Å². The molecule has 2 saturated carbocycles. The van der Waals surface area contributed by atoms with E-state index in [9.17, 15) is 5.11 Å². The van der Waals surface area contributed by atoms with Gasteiger partial charge in [-0.15, -0.1) is 0 Å². The van der Waals surface area contributed by atoms with Crippen molar-refractivity contribution in [3.05, 3.63) is 0 Å². The minimum atomic E-state index is -0.949. The topological polar surface area (TPSA) is 38.7 Å². The third-order valence-corrected chi connectivity index (χ3v) is 5.25. The van der Waals surface area contributed by atoms with Gasteiger partial charge >= 0.3 is 0 Å². The first-order valence-electron chi connectivity index (χ1n) is 6.53. The normalized spacial score (nSPS) is 61.3. The molecule has 4 fully saturated rings. The van der Waals surface area contributed by atoms with Crippen molar-refractivity contribution in [2.24, 2.45) is 23.2 Å². The molecule has 0 aromatic carbocycles. The Balaban J connectivity index is 1.75. The molecule has 2 heterocycles. The number of aliphatic hydroxyl groups is 1. The monoisotopic (exact) mass is 224 g/mol. The van der Waals surface area contributed by atoms with E-state index in [1.54, 1.807) is 0 Å². The molecule has 0 amide bonds. The number of hydrogen-bond acceptors (Lipinski definition) is 3. The van der Waals surface area contributed by atoms with E-state index in [0.29, 0.717) is 17.3 Å². The Kier molecular flexibility index (Phi) is 1.63. The van der Waals surface area contributed by atoms with Gasteiger partial charge in [-0.25, -0.2) is 0 Å². The lowest BCUT2D eigenvalue weighted by molar-refractivity contribution is -0.259.